The van der Waals surface area contributed by atoms with Gasteiger partial charge in [-0.15, -0.1) is 0 Å². The highest BCUT2D eigenvalue weighted by atomic mass is 16.5. The zero-order valence-electron chi connectivity index (χ0n) is 12.2. The molecule has 0 saturated carbocycles. The lowest BCUT2D eigenvalue weighted by Crippen LogP contribution is -2.35. The van der Waals surface area contributed by atoms with Crippen LogP contribution in [0.1, 0.15) is 36.1 Å². The minimum absolute atomic E-state index is 0.0357. The molecule has 0 fully saturated rings. The Bertz CT molecular complexity index is 379. The first-order valence-corrected chi connectivity index (χ1v) is 6.70. The van der Waals surface area contributed by atoms with Crippen LogP contribution in [0.2, 0.25) is 0 Å². The molecule has 4 heteroatoms. The summed E-state index contributed by atoms with van der Waals surface area (Å²) in [4.78, 5) is 0. The average molecular weight is 267 g/mol. The Kier molecular flexibility index (Phi) is 6.28. The van der Waals surface area contributed by atoms with Crippen LogP contribution in [0.15, 0.2) is 12.1 Å². The van der Waals surface area contributed by atoms with Crippen LogP contribution in [0, 0.1) is 13.8 Å². The molecular formula is C15H25NO3. The number of hydrogen-bond acceptors (Lipinski definition) is 4. The van der Waals surface area contributed by atoms with Crippen molar-refractivity contribution in [1.29, 1.82) is 0 Å². The summed E-state index contributed by atoms with van der Waals surface area (Å²) >= 11 is 0. The van der Waals surface area contributed by atoms with Gasteiger partial charge in [-0.1, -0.05) is 6.92 Å². The molecule has 19 heavy (non-hydrogen) atoms. The molecule has 3 N–H and O–H groups in total. The molecule has 0 aliphatic heterocycles. The normalized spacial score (nSPS) is 14.2. The minimum Gasteiger partial charge on any atom is -0.497 e. The van der Waals surface area contributed by atoms with Crippen molar-refractivity contribution >= 4 is 0 Å². The lowest BCUT2D eigenvalue weighted by Gasteiger charge is -2.21. The topological polar surface area (TPSA) is 61.7 Å². The number of aliphatic hydroxyl groups excluding tert-OH is 2. The number of aliphatic hydroxyl groups is 2. The minimum atomic E-state index is -0.577. The van der Waals surface area contributed by atoms with Crippen molar-refractivity contribution in [3.63, 3.8) is 0 Å². The Labute approximate surface area is 115 Å². The molecule has 108 valence electrons. The molecule has 0 aliphatic rings. The quantitative estimate of drug-likeness (QED) is 0.704. The zero-order valence-corrected chi connectivity index (χ0v) is 12.2. The lowest BCUT2D eigenvalue weighted by molar-refractivity contribution is 0.156. The monoisotopic (exact) mass is 267 g/mol. The van der Waals surface area contributed by atoms with E-state index >= 15 is 0 Å². The van der Waals surface area contributed by atoms with Crippen molar-refractivity contribution in [2.75, 3.05) is 20.3 Å². The molecule has 2 unspecified atom stereocenters. The number of rotatable bonds is 7. The molecule has 0 aromatic heterocycles. The molecular weight excluding hydrogens is 242 g/mol. The van der Waals surface area contributed by atoms with E-state index in [0.29, 0.717) is 6.54 Å². The van der Waals surface area contributed by atoms with Gasteiger partial charge >= 0.3 is 0 Å². The van der Waals surface area contributed by atoms with Gasteiger partial charge < -0.3 is 20.3 Å². The van der Waals surface area contributed by atoms with Gasteiger partial charge in [-0.25, -0.2) is 0 Å². The second-order valence-electron chi connectivity index (χ2n) is 4.89. The van der Waals surface area contributed by atoms with Crippen molar-refractivity contribution in [3.05, 3.63) is 28.8 Å². The number of benzene rings is 1. The summed E-state index contributed by atoms with van der Waals surface area (Å²) < 4.78 is 5.21. The van der Waals surface area contributed by atoms with E-state index in [1.807, 2.05) is 32.9 Å². The van der Waals surface area contributed by atoms with E-state index in [-0.39, 0.29) is 12.6 Å². The van der Waals surface area contributed by atoms with Gasteiger partial charge in [0.15, 0.2) is 0 Å². The van der Waals surface area contributed by atoms with Gasteiger partial charge in [-0.2, -0.15) is 0 Å². The van der Waals surface area contributed by atoms with E-state index in [4.69, 9.17) is 9.84 Å². The lowest BCUT2D eigenvalue weighted by atomic mass is 9.97. The van der Waals surface area contributed by atoms with Crippen LogP contribution in [0.4, 0.5) is 0 Å². The maximum atomic E-state index is 10.3. The van der Waals surface area contributed by atoms with Crippen LogP contribution < -0.4 is 10.1 Å². The standard InChI is InChI=1S/C15H25NO3/c1-5-12(9-17)16-8-14(18)15-10(2)6-13(19-4)7-11(15)3/h6-7,12,14,16-18H,5,8-9H2,1-4H3. The van der Waals surface area contributed by atoms with E-state index in [9.17, 15) is 5.11 Å². The fraction of sp³-hybridized carbons (Fsp3) is 0.600. The zero-order chi connectivity index (χ0) is 14.4. The van der Waals surface area contributed by atoms with Crippen LogP contribution in [0.25, 0.3) is 0 Å². The summed E-state index contributed by atoms with van der Waals surface area (Å²) in [6, 6.07) is 3.89. The van der Waals surface area contributed by atoms with Crippen LogP contribution >= 0.6 is 0 Å². The molecule has 0 spiro atoms. The van der Waals surface area contributed by atoms with E-state index in [1.54, 1.807) is 7.11 Å². The summed E-state index contributed by atoms with van der Waals surface area (Å²) in [6.45, 7) is 6.47. The second kappa shape index (κ2) is 7.48. The van der Waals surface area contributed by atoms with Gasteiger partial charge in [0.25, 0.3) is 0 Å². The second-order valence-corrected chi connectivity index (χ2v) is 4.89. The summed E-state index contributed by atoms with van der Waals surface area (Å²) in [7, 11) is 1.64. The van der Waals surface area contributed by atoms with Gasteiger partial charge in [0.05, 0.1) is 19.8 Å². The predicted molar refractivity (Wildman–Crippen MR) is 76.6 cm³/mol. The largest absolute Gasteiger partial charge is 0.497 e. The van der Waals surface area contributed by atoms with E-state index < -0.39 is 6.10 Å². The molecule has 1 rings (SSSR count). The van der Waals surface area contributed by atoms with Crippen LogP contribution in [-0.4, -0.2) is 36.5 Å². The SMILES string of the molecule is CCC(CO)NCC(O)c1c(C)cc(OC)cc1C. The number of nitrogens with one attached hydrogen (secondary N) is 1. The van der Waals surface area contributed by atoms with Crippen LogP contribution in [0.5, 0.6) is 5.75 Å². The van der Waals surface area contributed by atoms with Gasteiger partial charge in [0, 0.05) is 12.6 Å². The maximum Gasteiger partial charge on any atom is 0.119 e. The van der Waals surface area contributed by atoms with Gasteiger partial charge in [0.2, 0.25) is 0 Å². The molecule has 0 bridgehead atoms. The van der Waals surface area contributed by atoms with Crippen molar-refractivity contribution in [2.24, 2.45) is 0 Å². The molecule has 4 nitrogen and oxygen atoms in total. The smallest absolute Gasteiger partial charge is 0.119 e. The molecule has 0 radical (unpaired) electrons. The third kappa shape index (κ3) is 4.20. The van der Waals surface area contributed by atoms with E-state index in [0.717, 1.165) is 28.9 Å². The van der Waals surface area contributed by atoms with Crippen LogP contribution in [0.3, 0.4) is 0 Å². The number of hydrogen-bond donors (Lipinski definition) is 3. The molecule has 1 aromatic rings. The Morgan fingerprint density at radius 3 is 2.26 bits per heavy atom. The predicted octanol–water partition coefficient (Wildman–Crippen LogP) is 1.71. The van der Waals surface area contributed by atoms with Gasteiger partial charge in [0.1, 0.15) is 5.75 Å². The molecule has 0 heterocycles. The molecule has 1 aromatic carbocycles. The Hall–Kier alpha value is -1.10. The van der Waals surface area contributed by atoms with Crippen molar-refractivity contribution in [2.45, 2.75) is 39.3 Å². The van der Waals surface area contributed by atoms with Gasteiger partial charge in [-0.3, -0.25) is 0 Å². The summed E-state index contributed by atoms with van der Waals surface area (Å²) in [5.41, 5.74) is 2.97. The van der Waals surface area contributed by atoms with Crippen molar-refractivity contribution < 1.29 is 14.9 Å². The first-order valence-electron chi connectivity index (χ1n) is 6.70. The number of methoxy groups -OCH3 is 1. The first-order chi connectivity index (χ1) is 9.03. The Morgan fingerprint density at radius 2 is 1.84 bits per heavy atom. The fourth-order valence-corrected chi connectivity index (χ4v) is 2.30. The first kappa shape index (κ1) is 16.0. The average Bonchev–Trinajstić information content (AvgIpc) is 2.38. The van der Waals surface area contributed by atoms with Crippen molar-refractivity contribution in [3.8, 4) is 5.75 Å². The highest BCUT2D eigenvalue weighted by Crippen LogP contribution is 2.26. The van der Waals surface area contributed by atoms with E-state index in [1.165, 1.54) is 0 Å². The molecule has 0 saturated heterocycles. The third-order valence-corrected chi connectivity index (χ3v) is 3.45. The van der Waals surface area contributed by atoms with Gasteiger partial charge in [-0.05, 0) is 49.1 Å². The van der Waals surface area contributed by atoms with Crippen LogP contribution in [-0.2, 0) is 0 Å². The summed E-state index contributed by atoms with van der Waals surface area (Å²) in [5.74, 6) is 0.806. The fourth-order valence-electron chi connectivity index (χ4n) is 2.30. The highest BCUT2D eigenvalue weighted by Gasteiger charge is 2.16. The highest BCUT2D eigenvalue weighted by molar-refractivity contribution is 5.42. The maximum absolute atomic E-state index is 10.3. The molecule has 2 atom stereocenters. The Balaban J connectivity index is 2.79. The van der Waals surface area contributed by atoms with Crippen molar-refractivity contribution in [1.82, 2.24) is 5.32 Å². The summed E-state index contributed by atoms with van der Waals surface area (Å²) in [5, 5.41) is 22.6. The van der Waals surface area contributed by atoms with E-state index in [2.05, 4.69) is 5.32 Å². The summed E-state index contributed by atoms with van der Waals surface area (Å²) in [6.07, 6.45) is 0.260. The number of ether oxygens (including phenoxy) is 1. The molecule has 0 aliphatic carbocycles. The molecule has 0 amide bonds. The Morgan fingerprint density at radius 1 is 1.26 bits per heavy atom. The third-order valence-electron chi connectivity index (χ3n) is 3.45. The number of aryl methyl sites for hydroxylation is 2.